The lowest BCUT2D eigenvalue weighted by molar-refractivity contribution is 0.00482. The number of ether oxygens (including phenoxy) is 1. The zero-order valence-electron chi connectivity index (χ0n) is 14.2. The lowest BCUT2D eigenvalue weighted by Crippen LogP contribution is -2.41. The maximum absolute atomic E-state index is 12.6. The Hall–Kier alpha value is -1.29. The van der Waals surface area contributed by atoms with Gasteiger partial charge in [0.2, 0.25) is 0 Å². The number of rotatable bonds is 7. The first kappa shape index (κ1) is 17.1. The molecule has 0 unspecified atom stereocenters. The van der Waals surface area contributed by atoms with Crippen molar-refractivity contribution in [2.75, 3.05) is 19.7 Å². The fourth-order valence-electron chi connectivity index (χ4n) is 2.93. The number of aromatic amines is 1. The van der Waals surface area contributed by atoms with E-state index in [9.17, 15) is 4.79 Å². The standard InChI is InChI=1S/C18H30N2O2/c1-4-5-17-16(6-10-19-17)18(21)20-11-7-15(8-12-20)22-13-9-14(2)3/h6,10,14-15,19H,4-5,7-9,11-13H2,1-3H3. The van der Waals surface area contributed by atoms with Gasteiger partial charge in [0, 0.05) is 31.6 Å². The van der Waals surface area contributed by atoms with Crippen LogP contribution in [0.1, 0.15) is 62.5 Å². The summed E-state index contributed by atoms with van der Waals surface area (Å²) < 4.78 is 5.93. The van der Waals surface area contributed by atoms with Crippen LogP contribution in [0.5, 0.6) is 0 Å². The van der Waals surface area contributed by atoms with E-state index < -0.39 is 0 Å². The van der Waals surface area contributed by atoms with Gasteiger partial charge in [-0.2, -0.15) is 0 Å². The Morgan fingerprint density at radius 1 is 1.41 bits per heavy atom. The van der Waals surface area contributed by atoms with Crippen molar-refractivity contribution < 1.29 is 9.53 Å². The highest BCUT2D eigenvalue weighted by molar-refractivity contribution is 5.95. The molecular formula is C18H30N2O2. The van der Waals surface area contributed by atoms with Crippen LogP contribution in [0.15, 0.2) is 12.3 Å². The van der Waals surface area contributed by atoms with Crippen molar-refractivity contribution in [1.82, 2.24) is 9.88 Å². The van der Waals surface area contributed by atoms with Crippen molar-refractivity contribution in [3.05, 3.63) is 23.5 Å². The number of nitrogens with zero attached hydrogens (tertiary/aromatic N) is 1. The number of hydrogen-bond donors (Lipinski definition) is 1. The summed E-state index contributed by atoms with van der Waals surface area (Å²) in [5.74, 6) is 0.859. The van der Waals surface area contributed by atoms with E-state index in [4.69, 9.17) is 4.74 Å². The van der Waals surface area contributed by atoms with Crippen LogP contribution in [-0.2, 0) is 11.2 Å². The summed E-state index contributed by atoms with van der Waals surface area (Å²) in [6.07, 6.45) is 7.21. The molecule has 0 aliphatic carbocycles. The van der Waals surface area contributed by atoms with Gasteiger partial charge >= 0.3 is 0 Å². The first-order valence-corrected chi connectivity index (χ1v) is 8.69. The molecule has 1 N–H and O–H groups in total. The zero-order chi connectivity index (χ0) is 15.9. The molecule has 1 aromatic rings. The van der Waals surface area contributed by atoms with Gasteiger partial charge < -0.3 is 14.6 Å². The predicted octanol–water partition coefficient (Wildman–Crippen LogP) is 3.63. The molecule has 4 heteroatoms. The first-order chi connectivity index (χ1) is 10.6. The Morgan fingerprint density at radius 3 is 2.77 bits per heavy atom. The number of H-pyrrole nitrogens is 1. The Kier molecular flexibility index (Phi) is 6.49. The molecule has 2 rings (SSSR count). The van der Waals surface area contributed by atoms with Crippen LogP contribution in [0.4, 0.5) is 0 Å². The first-order valence-electron chi connectivity index (χ1n) is 8.69. The topological polar surface area (TPSA) is 45.3 Å². The number of aryl methyl sites for hydroxylation is 1. The number of amides is 1. The van der Waals surface area contributed by atoms with E-state index in [1.54, 1.807) is 0 Å². The van der Waals surface area contributed by atoms with E-state index in [1.807, 2.05) is 17.2 Å². The third kappa shape index (κ3) is 4.60. The Bertz CT molecular complexity index is 459. The molecule has 1 fully saturated rings. The molecule has 0 saturated carbocycles. The van der Waals surface area contributed by atoms with Gasteiger partial charge in [-0.1, -0.05) is 27.2 Å². The monoisotopic (exact) mass is 306 g/mol. The van der Waals surface area contributed by atoms with Gasteiger partial charge in [-0.3, -0.25) is 4.79 Å². The molecule has 4 nitrogen and oxygen atoms in total. The minimum absolute atomic E-state index is 0.172. The number of piperidine rings is 1. The molecular weight excluding hydrogens is 276 g/mol. The molecule has 0 radical (unpaired) electrons. The minimum atomic E-state index is 0.172. The minimum Gasteiger partial charge on any atom is -0.378 e. The van der Waals surface area contributed by atoms with Gasteiger partial charge in [0.05, 0.1) is 11.7 Å². The third-order valence-electron chi connectivity index (χ3n) is 4.34. The summed E-state index contributed by atoms with van der Waals surface area (Å²) in [4.78, 5) is 17.8. The second-order valence-electron chi connectivity index (χ2n) is 6.66. The number of likely N-dealkylation sites (tertiary alicyclic amines) is 1. The van der Waals surface area contributed by atoms with Crippen molar-refractivity contribution in [2.24, 2.45) is 5.92 Å². The highest BCUT2D eigenvalue weighted by Crippen LogP contribution is 2.19. The van der Waals surface area contributed by atoms with Crippen molar-refractivity contribution >= 4 is 5.91 Å². The second kappa shape index (κ2) is 8.37. The van der Waals surface area contributed by atoms with Crippen molar-refractivity contribution in [3.63, 3.8) is 0 Å². The van der Waals surface area contributed by atoms with E-state index in [2.05, 4.69) is 25.8 Å². The van der Waals surface area contributed by atoms with Gasteiger partial charge in [-0.15, -0.1) is 0 Å². The molecule has 1 aliphatic heterocycles. The van der Waals surface area contributed by atoms with Crippen molar-refractivity contribution in [3.8, 4) is 0 Å². The summed E-state index contributed by atoms with van der Waals surface area (Å²) in [5, 5.41) is 0. The third-order valence-corrected chi connectivity index (χ3v) is 4.34. The van der Waals surface area contributed by atoms with E-state index in [-0.39, 0.29) is 5.91 Å². The molecule has 124 valence electrons. The highest BCUT2D eigenvalue weighted by Gasteiger charge is 2.25. The largest absolute Gasteiger partial charge is 0.378 e. The van der Waals surface area contributed by atoms with Crippen LogP contribution in [0.25, 0.3) is 0 Å². The fourth-order valence-corrected chi connectivity index (χ4v) is 2.93. The molecule has 1 aromatic heterocycles. The second-order valence-corrected chi connectivity index (χ2v) is 6.66. The SMILES string of the molecule is CCCc1[nH]ccc1C(=O)N1CCC(OCCC(C)C)CC1. The molecule has 0 aromatic carbocycles. The zero-order valence-corrected chi connectivity index (χ0v) is 14.2. The van der Waals surface area contributed by atoms with Crippen LogP contribution in [0.2, 0.25) is 0 Å². The van der Waals surface area contributed by atoms with Gasteiger partial charge in [0.15, 0.2) is 0 Å². The Labute approximate surface area is 134 Å². The van der Waals surface area contributed by atoms with Crippen LogP contribution in [0, 0.1) is 5.92 Å². The van der Waals surface area contributed by atoms with Crippen molar-refractivity contribution in [1.29, 1.82) is 0 Å². The van der Waals surface area contributed by atoms with Crippen LogP contribution >= 0.6 is 0 Å². The van der Waals surface area contributed by atoms with Gasteiger partial charge in [-0.05, 0) is 37.7 Å². The maximum Gasteiger partial charge on any atom is 0.255 e. The van der Waals surface area contributed by atoms with Crippen LogP contribution in [0.3, 0.4) is 0 Å². The maximum atomic E-state index is 12.6. The number of nitrogens with one attached hydrogen (secondary N) is 1. The molecule has 22 heavy (non-hydrogen) atoms. The van der Waals surface area contributed by atoms with Crippen LogP contribution < -0.4 is 0 Å². The van der Waals surface area contributed by atoms with Gasteiger partial charge in [0.25, 0.3) is 5.91 Å². The number of carbonyl (C=O) groups excluding carboxylic acids is 1. The molecule has 2 heterocycles. The fraction of sp³-hybridized carbons (Fsp3) is 0.722. The number of aromatic nitrogens is 1. The van der Waals surface area contributed by atoms with E-state index in [1.165, 1.54) is 0 Å². The number of hydrogen-bond acceptors (Lipinski definition) is 2. The molecule has 0 spiro atoms. The van der Waals surface area contributed by atoms with Crippen molar-refractivity contribution in [2.45, 2.75) is 59.0 Å². The van der Waals surface area contributed by atoms with Gasteiger partial charge in [0.1, 0.15) is 0 Å². The Morgan fingerprint density at radius 2 is 2.14 bits per heavy atom. The average Bonchev–Trinajstić information content (AvgIpc) is 2.95. The average molecular weight is 306 g/mol. The van der Waals surface area contributed by atoms with Crippen LogP contribution in [-0.4, -0.2) is 41.6 Å². The Balaban J connectivity index is 1.81. The molecule has 1 amide bonds. The normalized spacial score (nSPS) is 16.5. The van der Waals surface area contributed by atoms with E-state index in [0.29, 0.717) is 12.0 Å². The molecule has 1 saturated heterocycles. The summed E-state index contributed by atoms with van der Waals surface area (Å²) >= 11 is 0. The summed E-state index contributed by atoms with van der Waals surface area (Å²) in [5.41, 5.74) is 1.92. The summed E-state index contributed by atoms with van der Waals surface area (Å²) in [6, 6.07) is 1.92. The van der Waals surface area contributed by atoms with Gasteiger partial charge in [-0.25, -0.2) is 0 Å². The lowest BCUT2D eigenvalue weighted by Gasteiger charge is -2.32. The quantitative estimate of drug-likeness (QED) is 0.836. The summed E-state index contributed by atoms with van der Waals surface area (Å²) in [7, 11) is 0. The van der Waals surface area contributed by atoms with E-state index in [0.717, 1.165) is 63.1 Å². The predicted molar refractivity (Wildman–Crippen MR) is 89.1 cm³/mol. The number of carbonyl (C=O) groups is 1. The molecule has 1 aliphatic rings. The smallest absolute Gasteiger partial charge is 0.255 e. The molecule has 0 atom stereocenters. The molecule has 0 bridgehead atoms. The highest BCUT2D eigenvalue weighted by atomic mass is 16.5. The lowest BCUT2D eigenvalue weighted by atomic mass is 10.1. The van der Waals surface area contributed by atoms with E-state index >= 15 is 0 Å². The summed E-state index contributed by atoms with van der Waals surface area (Å²) in [6.45, 7) is 9.03.